The molecule has 0 aliphatic carbocycles. The summed E-state index contributed by atoms with van der Waals surface area (Å²) in [7, 11) is 1.54. The van der Waals surface area contributed by atoms with Gasteiger partial charge in [-0.15, -0.1) is 0 Å². The molecule has 8 nitrogen and oxygen atoms in total. The standard InChI is InChI=1S/C32H29FN6O2/c1-40-23-12-20(11-22(33)14-23)25-5-4-6-28-26(25)15-30(36-28)32-27-16-29(35-19-31(27)37-38-32)21-13-24(18-34-17-21)41-10-9-39-7-2-3-8-39/h4-6,11-19,36H,2-3,7-10H2,1H3,(H,37,38). The van der Waals surface area contributed by atoms with E-state index in [-0.39, 0.29) is 5.82 Å². The SMILES string of the molecule is COc1cc(F)cc(-c2cccc3[nH]c(-c4n[nH]c5cnc(-c6cncc(OCCN7CCCC7)c6)cc45)cc23)c1. The highest BCUT2D eigenvalue weighted by Gasteiger charge is 2.16. The van der Waals surface area contributed by atoms with Gasteiger partial charge in [0.05, 0.1) is 36.4 Å². The zero-order valence-corrected chi connectivity index (χ0v) is 22.7. The molecular formula is C32H29FN6O2. The van der Waals surface area contributed by atoms with Crippen LogP contribution in [0.3, 0.4) is 0 Å². The van der Waals surface area contributed by atoms with Crippen molar-refractivity contribution in [3.63, 3.8) is 0 Å². The zero-order chi connectivity index (χ0) is 27.8. The van der Waals surface area contributed by atoms with Crippen molar-refractivity contribution >= 4 is 21.8 Å². The van der Waals surface area contributed by atoms with Crippen LogP contribution in [-0.4, -0.2) is 63.4 Å². The predicted octanol–water partition coefficient (Wildman–Crippen LogP) is 6.46. The van der Waals surface area contributed by atoms with Crippen molar-refractivity contribution in [1.82, 2.24) is 30.0 Å². The number of pyridine rings is 2. The van der Waals surface area contributed by atoms with Crippen LogP contribution in [0.25, 0.3) is 55.6 Å². The van der Waals surface area contributed by atoms with Gasteiger partial charge in [-0.3, -0.25) is 20.0 Å². The number of nitrogens with one attached hydrogen (secondary N) is 2. The second kappa shape index (κ2) is 10.7. The predicted molar refractivity (Wildman–Crippen MR) is 158 cm³/mol. The van der Waals surface area contributed by atoms with Gasteiger partial charge in [-0.05, 0) is 73.5 Å². The van der Waals surface area contributed by atoms with Crippen LogP contribution in [0, 0.1) is 5.82 Å². The molecule has 6 aromatic rings. The average molecular weight is 549 g/mol. The summed E-state index contributed by atoms with van der Waals surface area (Å²) in [6, 6.07) is 16.7. The molecular weight excluding hydrogens is 519 g/mol. The summed E-state index contributed by atoms with van der Waals surface area (Å²) in [5.74, 6) is 0.857. The maximum atomic E-state index is 14.3. The van der Waals surface area contributed by atoms with Gasteiger partial charge in [0.2, 0.25) is 0 Å². The zero-order valence-electron chi connectivity index (χ0n) is 22.7. The molecule has 7 rings (SSSR count). The van der Waals surface area contributed by atoms with Crippen LogP contribution in [0.15, 0.2) is 73.2 Å². The maximum Gasteiger partial charge on any atom is 0.138 e. The number of aromatic amines is 2. The van der Waals surface area contributed by atoms with Gasteiger partial charge in [0.25, 0.3) is 0 Å². The summed E-state index contributed by atoms with van der Waals surface area (Å²) in [5.41, 5.74) is 6.66. The van der Waals surface area contributed by atoms with E-state index in [1.165, 1.54) is 32.1 Å². The first-order chi connectivity index (χ1) is 20.1. The third kappa shape index (κ3) is 5.00. The first-order valence-corrected chi connectivity index (χ1v) is 13.8. The Hall–Kier alpha value is -4.76. The molecule has 9 heteroatoms. The van der Waals surface area contributed by atoms with Gasteiger partial charge in [0.15, 0.2) is 0 Å². The van der Waals surface area contributed by atoms with Gasteiger partial charge >= 0.3 is 0 Å². The minimum Gasteiger partial charge on any atom is -0.497 e. The molecule has 0 spiro atoms. The number of methoxy groups -OCH3 is 1. The average Bonchev–Trinajstić information content (AvgIpc) is 3.76. The number of rotatable bonds is 8. The molecule has 2 aromatic carbocycles. The number of hydrogen-bond acceptors (Lipinski definition) is 6. The second-order valence-corrected chi connectivity index (χ2v) is 10.3. The minimum atomic E-state index is -0.346. The topological polar surface area (TPSA) is 92.0 Å². The maximum absolute atomic E-state index is 14.3. The highest BCUT2D eigenvalue weighted by atomic mass is 19.1. The van der Waals surface area contributed by atoms with Crippen LogP contribution >= 0.6 is 0 Å². The molecule has 41 heavy (non-hydrogen) atoms. The Labute approximate surface area is 236 Å². The van der Waals surface area contributed by atoms with E-state index in [2.05, 4.69) is 30.0 Å². The van der Waals surface area contributed by atoms with Crippen molar-refractivity contribution in [1.29, 1.82) is 0 Å². The first kappa shape index (κ1) is 25.2. The Morgan fingerprint density at radius 3 is 2.66 bits per heavy atom. The lowest BCUT2D eigenvalue weighted by atomic mass is 10.0. The molecule has 1 aliphatic heterocycles. The van der Waals surface area contributed by atoms with Gasteiger partial charge in [0.1, 0.15) is 29.6 Å². The number of aromatic nitrogens is 5. The van der Waals surface area contributed by atoms with E-state index in [1.54, 1.807) is 18.6 Å². The van der Waals surface area contributed by atoms with Gasteiger partial charge in [-0.1, -0.05) is 12.1 Å². The number of nitrogens with zero attached hydrogens (tertiary/aromatic N) is 4. The number of hydrogen-bond donors (Lipinski definition) is 2. The Bertz CT molecular complexity index is 1860. The van der Waals surface area contributed by atoms with Gasteiger partial charge < -0.3 is 14.5 Å². The summed E-state index contributed by atoms with van der Waals surface area (Å²) >= 11 is 0. The van der Waals surface area contributed by atoms with E-state index in [4.69, 9.17) is 9.47 Å². The lowest BCUT2D eigenvalue weighted by Crippen LogP contribution is -2.25. The van der Waals surface area contributed by atoms with Crippen LogP contribution in [0.1, 0.15) is 12.8 Å². The van der Waals surface area contributed by atoms with Gasteiger partial charge in [0, 0.05) is 40.7 Å². The summed E-state index contributed by atoms with van der Waals surface area (Å²) in [6.07, 6.45) is 7.86. The smallest absolute Gasteiger partial charge is 0.138 e. The number of likely N-dealkylation sites (tertiary alicyclic amines) is 1. The Morgan fingerprint density at radius 1 is 0.902 bits per heavy atom. The highest BCUT2D eigenvalue weighted by Crippen LogP contribution is 2.36. The van der Waals surface area contributed by atoms with Crippen molar-refractivity contribution in [2.45, 2.75) is 12.8 Å². The van der Waals surface area contributed by atoms with E-state index < -0.39 is 0 Å². The monoisotopic (exact) mass is 548 g/mol. The Balaban J connectivity index is 1.21. The Kier molecular flexibility index (Phi) is 6.56. The molecule has 2 N–H and O–H groups in total. The summed E-state index contributed by atoms with van der Waals surface area (Å²) < 4.78 is 25.6. The summed E-state index contributed by atoms with van der Waals surface area (Å²) in [4.78, 5) is 15.0. The quantitative estimate of drug-likeness (QED) is 0.227. The fourth-order valence-electron chi connectivity index (χ4n) is 5.59. The van der Waals surface area contributed by atoms with Crippen molar-refractivity contribution in [2.75, 3.05) is 33.4 Å². The van der Waals surface area contributed by atoms with Gasteiger partial charge in [-0.25, -0.2) is 4.39 Å². The lowest BCUT2D eigenvalue weighted by Gasteiger charge is -2.15. The van der Waals surface area contributed by atoms with Crippen LogP contribution in [-0.2, 0) is 0 Å². The highest BCUT2D eigenvalue weighted by molar-refractivity contribution is 6.01. The second-order valence-electron chi connectivity index (χ2n) is 10.3. The number of ether oxygens (including phenoxy) is 2. The van der Waals surface area contributed by atoms with Crippen molar-refractivity contribution in [3.8, 4) is 45.3 Å². The van der Waals surface area contributed by atoms with Crippen LogP contribution < -0.4 is 9.47 Å². The molecule has 5 heterocycles. The fourth-order valence-corrected chi connectivity index (χ4v) is 5.59. The Morgan fingerprint density at radius 2 is 1.78 bits per heavy atom. The van der Waals surface area contributed by atoms with E-state index in [0.29, 0.717) is 12.4 Å². The van der Waals surface area contributed by atoms with Crippen LogP contribution in [0.2, 0.25) is 0 Å². The normalized spacial score (nSPS) is 13.8. The third-order valence-corrected chi connectivity index (χ3v) is 7.67. The molecule has 0 amide bonds. The molecule has 4 aromatic heterocycles. The third-order valence-electron chi connectivity index (χ3n) is 7.67. The summed E-state index contributed by atoms with van der Waals surface area (Å²) in [6.45, 7) is 3.85. The van der Waals surface area contributed by atoms with E-state index in [9.17, 15) is 4.39 Å². The lowest BCUT2D eigenvalue weighted by molar-refractivity contribution is 0.237. The van der Waals surface area contributed by atoms with E-state index >= 15 is 0 Å². The van der Waals surface area contributed by atoms with Crippen molar-refractivity contribution < 1.29 is 13.9 Å². The number of fused-ring (bicyclic) bond motifs is 2. The molecule has 1 fully saturated rings. The summed E-state index contributed by atoms with van der Waals surface area (Å²) in [5, 5.41) is 9.60. The number of H-pyrrole nitrogens is 2. The van der Waals surface area contributed by atoms with Crippen molar-refractivity contribution in [3.05, 3.63) is 79.0 Å². The molecule has 206 valence electrons. The molecule has 1 aliphatic rings. The van der Waals surface area contributed by atoms with Gasteiger partial charge in [-0.2, -0.15) is 5.10 Å². The molecule has 1 saturated heterocycles. The van der Waals surface area contributed by atoms with Crippen LogP contribution in [0.5, 0.6) is 11.5 Å². The number of benzene rings is 2. The molecule has 0 unspecified atom stereocenters. The van der Waals surface area contributed by atoms with E-state index in [1.807, 2.05) is 42.5 Å². The largest absolute Gasteiger partial charge is 0.497 e. The van der Waals surface area contributed by atoms with E-state index in [0.717, 1.165) is 81.0 Å². The first-order valence-electron chi connectivity index (χ1n) is 13.8. The molecule has 0 saturated carbocycles. The van der Waals surface area contributed by atoms with Crippen molar-refractivity contribution in [2.24, 2.45) is 0 Å². The fraction of sp³-hybridized carbons (Fsp3) is 0.219. The molecule has 0 bridgehead atoms. The van der Waals surface area contributed by atoms with Crippen LogP contribution in [0.4, 0.5) is 4.39 Å². The molecule has 0 radical (unpaired) electrons. The number of halogens is 1. The minimum absolute atomic E-state index is 0.346. The molecule has 0 atom stereocenters.